The van der Waals surface area contributed by atoms with Gasteiger partial charge >= 0.3 is 16.2 Å². The fourth-order valence-corrected chi connectivity index (χ4v) is 9.64. The molecule has 4 aromatic rings. The number of esters is 1. The van der Waals surface area contributed by atoms with Crippen LogP contribution in [0.5, 0.6) is 5.75 Å². The first kappa shape index (κ1) is 36.3. The maximum absolute atomic E-state index is 14.9. The summed E-state index contributed by atoms with van der Waals surface area (Å²) in [5.41, 5.74) is 4.97. The van der Waals surface area contributed by atoms with Crippen molar-refractivity contribution in [1.29, 1.82) is 0 Å². The standard InChI is InChI=1S/C40H47N5O8S/c1-5-52-38(47)32-22-53-37(41-32)25-15-17-44(18-16-25)39(48)40-21-31(40)30-20-27(51-4)12-14-28(30)35-34(24-9-7-6-8-10-24)29-13-11-26(19-33(29)45(35)23-40)36(46)42-54(49,50)43(2)3/h11-14,19-20,22,24-25,31H,5-10,15-18,21,23H2,1-4H3,(H,42,46). The van der Waals surface area contributed by atoms with Crippen molar-refractivity contribution in [2.75, 3.05) is 40.9 Å². The van der Waals surface area contributed by atoms with Crippen LogP contribution in [-0.4, -0.2) is 85.9 Å². The number of oxazole rings is 1. The summed E-state index contributed by atoms with van der Waals surface area (Å²) in [4.78, 5) is 46.9. The minimum absolute atomic E-state index is 0.0252. The van der Waals surface area contributed by atoms with Crippen LogP contribution in [0.4, 0.5) is 0 Å². The number of nitrogens with one attached hydrogen (secondary N) is 1. The van der Waals surface area contributed by atoms with Crippen LogP contribution in [-0.2, 0) is 26.3 Å². The molecular weight excluding hydrogens is 711 g/mol. The SMILES string of the molecule is CCOC(=O)c1coc(C2CCN(C(=O)C34CC3c3cc(OC)ccc3-c3c(C5CCCCC5)c5ccc(C(=O)NS(=O)(=O)N(C)C)cc5n3C4)CC2)n1. The third kappa shape index (κ3) is 6.16. The molecule has 1 saturated heterocycles. The Labute approximate surface area is 315 Å². The van der Waals surface area contributed by atoms with E-state index in [0.717, 1.165) is 63.5 Å². The quantitative estimate of drug-likeness (QED) is 0.204. The summed E-state index contributed by atoms with van der Waals surface area (Å²) in [6, 6.07) is 11.7. The first-order valence-corrected chi connectivity index (χ1v) is 20.4. The van der Waals surface area contributed by atoms with Gasteiger partial charge in [0, 0.05) is 67.6 Å². The number of carbonyl (C=O) groups excluding carboxylic acids is 3. The Hall–Kier alpha value is -4.69. The summed E-state index contributed by atoms with van der Waals surface area (Å²) < 4.78 is 47.2. The number of aromatic nitrogens is 2. The number of ether oxygens (including phenoxy) is 2. The lowest BCUT2D eigenvalue weighted by Gasteiger charge is -2.34. The van der Waals surface area contributed by atoms with Crippen molar-refractivity contribution in [3.05, 3.63) is 70.9 Å². The van der Waals surface area contributed by atoms with Gasteiger partial charge < -0.3 is 23.4 Å². The Balaban J connectivity index is 1.18. The van der Waals surface area contributed by atoms with E-state index >= 15 is 0 Å². The summed E-state index contributed by atoms with van der Waals surface area (Å²) in [5.74, 6) is 0.345. The maximum atomic E-state index is 14.9. The van der Waals surface area contributed by atoms with Crippen molar-refractivity contribution >= 4 is 38.9 Å². The minimum atomic E-state index is -4.01. The monoisotopic (exact) mass is 757 g/mol. The van der Waals surface area contributed by atoms with Crippen LogP contribution in [0.3, 0.4) is 0 Å². The number of methoxy groups -OCH3 is 1. The summed E-state index contributed by atoms with van der Waals surface area (Å²) in [7, 11) is 0.390. The third-order valence-electron chi connectivity index (χ3n) is 12.1. The highest BCUT2D eigenvalue weighted by Gasteiger charge is 2.64. The van der Waals surface area contributed by atoms with Gasteiger partial charge in [-0.2, -0.15) is 12.7 Å². The lowest BCUT2D eigenvalue weighted by atomic mass is 9.81. The molecule has 1 N–H and O–H groups in total. The third-order valence-corrected chi connectivity index (χ3v) is 13.5. The molecule has 2 atom stereocenters. The minimum Gasteiger partial charge on any atom is -0.497 e. The molecule has 2 aliphatic heterocycles. The van der Waals surface area contributed by atoms with E-state index < -0.39 is 27.5 Å². The number of rotatable bonds is 9. The second-order valence-corrected chi connectivity index (χ2v) is 17.2. The highest BCUT2D eigenvalue weighted by Crippen LogP contribution is 2.66. The molecule has 4 aliphatic rings. The van der Waals surface area contributed by atoms with Gasteiger partial charge in [0.05, 0.1) is 24.8 Å². The van der Waals surface area contributed by atoms with E-state index in [1.807, 2.05) is 17.0 Å². The topological polar surface area (TPSA) is 153 Å². The molecule has 286 valence electrons. The number of hydrogen-bond acceptors (Lipinski definition) is 9. The summed E-state index contributed by atoms with van der Waals surface area (Å²) in [5, 5.41) is 1.03. The highest BCUT2D eigenvalue weighted by molar-refractivity contribution is 7.87. The molecule has 54 heavy (non-hydrogen) atoms. The van der Waals surface area contributed by atoms with Gasteiger partial charge in [0.25, 0.3) is 5.91 Å². The van der Waals surface area contributed by atoms with Crippen molar-refractivity contribution in [3.63, 3.8) is 0 Å². The smallest absolute Gasteiger partial charge is 0.360 e. The number of likely N-dealkylation sites (tertiary alicyclic amines) is 1. The number of benzene rings is 2. The van der Waals surface area contributed by atoms with Crippen molar-refractivity contribution in [2.24, 2.45) is 5.41 Å². The van der Waals surface area contributed by atoms with E-state index in [4.69, 9.17) is 13.9 Å². The average Bonchev–Trinajstić information content (AvgIpc) is 3.56. The van der Waals surface area contributed by atoms with Gasteiger partial charge in [0.2, 0.25) is 5.91 Å². The van der Waals surface area contributed by atoms with Crippen molar-refractivity contribution in [3.8, 4) is 17.0 Å². The molecule has 2 aromatic carbocycles. The Kier molecular flexibility index (Phi) is 9.32. The lowest BCUT2D eigenvalue weighted by Crippen LogP contribution is -2.44. The number of hydrogen-bond donors (Lipinski definition) is 1. The van der Waals surface area contributed by atoms with E-state index in [9.17, 15) is 22.8 Å². The molecule has 2 amide bonds. The van der Waals surface area contributed by atoms with Gasteiger partial charge in [-0.25, -0.2) is 14.5 Å². The molecule has 8 rings (SSSR count). The van der Waals surface area contributed by atoms with Gasteiger partial charge in [0.1, 0.15) is 12.0 Å². The van der Waals surface area contributed by atoms with E-state index in [0.29, 0.717) is 50.7 Å². The first-order valence-electron chi connectivity index (χ1n) is 19.0. The Morgan fingerprint density at radius 1 is 1.02 bits per heavy atom. The lowest BCUT2D eigenvalue weighted by molar-refractivity contribution is -0.139. The van der Waals surface area contributed by atoms with Crippen molar-refractivity contribution in [1.82, 2.24) is 23.5 Å². The Bertz CT molecular complexity index is 2250. The second kappa shape index (κ2) is 13.9. The molecule has 13 nitrogen and oxygen atoms in total. The van der Waals surface area contributed by atoms with Gasteiger partial charge in [-0.05, 0) is 86.4 Å². The zero-order valence-electron chi connectivity index (χ0n) is 31.2. The molecule has 0 spiro atoms. The van der Waals surface area contributed by atoms with Gasteiger partial charge in [-0.3, -0.25) is 9.59 Å². The van der Waals surface area contributed by atoms with Crippen LogP contribution in [0.1, 0.15) is 114 Å². The van der Waals surface area contributed by atoms with E-state index in [2.05, 4.69) is 26.4 Å². The summed E-state index contributed by atoms with van der Waals surface area (Å²) in [6.07, 6.45) is 8.88. The van der Waals surface area contributed by atoms with E-state index in [-0.39, 0.29) is 35.6 Å². The van der Waals surface area contributed by atoms with Gasteiger partial charge in [-0.15, -0.1) is 0 Å². The van der Waals surface area contributed by atoms with E-state index in [1.54, 1.807) is 26.2 Å². The first-order chi connectivity index (χ1) is 26.0. The highest BCUT2D eigenvalue weighted by atomic mass is 32.2. The molecule has 2 aliphatic carbocycles. The number of amides is 2. The molecule has 2 unspecified atom stereocenters. The van der Waals surface area contributed by atoms with Crippen LogP contribution in [0.2, 0.25) is 0 Å². The van der Waals surface area contributed by atoms with Crippen LogP contribution >= 0.6 is 0 Å². The second-order valence-electron chi connectivity index (χ2n) is 15.4. The zero-order chi connectivity index (χ0) is 37.9. The molecule has 14 heteroatoms. The van der Waals surface area contributed by atoms with Crippen molar-refractivity contribution in [2.45, 2.75) is 82.6 Å². The molecular formula is C40H47N5O8S. The Morgan fingerprint density at radius 3 is 2.48 bits per heavy atom. The summed E-state index contributed by atoms with van der Waals surface area (Å²) in [6.45, 7) is 3.47. The maximum Gasteiger partial charge on any atom is 0.360 e. The largest absolute Gasteiger partial charge is 0.497 e. The molecule has 2 saturated carbocycles. The predicted octanol–water partition coefficient (Wildman–Crippen LogP) is 5.96. The van der Waals surface area contributed by atoms with Gasteiger partial charge in [-0.1, -0.05) is 25.3 Å². The normalized spacial score (nSPS) is 21.6. The number of carbonyl (C=O) groups is 3. The van der Waals surface area contributed by atoms with Crippen LogP contribution in [0.25, 0.3) is 22.2 Å². The fraction of sp³-hybridized carbons (Fsp3) is 0.500. The number of piperidine rings is 1. The predicted molar refractivity (Wildman–Crippen MR) is 201 cm³/mol. The van der Waals surface area contributed by atoms with Gasteiger partial charge in [0.15, 0.2) is 11.6 Å². The van der Waals surface area contributed by atoms with Crippen LogP contribution < -0.4 is 9.46 Å². The number of fused-ring (bicyclic) bond motifs is 7. The van der Waals surface area contributed by atoms with Crippen LogP contribution in [0.15, 0.2) is 47.1 Å². The van der Waals surface area contributed by atoms with E-state index in [1.165, 1.54) is 32.3 Å². The van der Waals surface area contributed by atoms with Crippen molar-refractivity contribution < 1.29 is 36.7 Å². The number of nitrogens with zero attached hydrogens (tertiary/aromatic N) is 4. The molecule has 4 heterocycles. The molecule has 3 fully saturated rings. The molecule has 0 radical (unpaired) electrons. The molecule has 0 bridgehead atoms. The zero-order valence-corrected chi connectivity index (χ0v) is 32.0. The Morgan fingerprint density at radius 2 is 1.78 bits per heavy atom. The molecule has 2 aromatic heterocycles. The fourth-order valence-electron chi connectivity index (χ4n) is 9.11. The average molecular weight is 758 g/mol. The summed E-state index contributed by atoms with van der Waals surface area (Å²) >= 11 is 0. The van der Waals surface area contributed by atoms with Crippen LogP contribution in [0, 0.1) is 5.41 Å².